The van der Waals surface area contributed by atoms with Crippen LogP contribution in [0.25, 0.3) is 0 Å². The van der Waals surface area contributed by atoms with Crippen LogP contribution in [0.4, 0.5) is 5.69 Å². The van der Waals surface area contributed by atoms with Gasteiger partial charge in [0, 0.05) is 42.5 Å². The third-order valence-corrected chi connectivity index (χ3v) is 6.70. The van der Waals surface area contributed by atoms with Crippen LogP contribution >= 0.6 is 0 Å². The molecule has 4 heteroatoms. The van der Waals surface area contributed by atoms with E-state index in [1.165, 1.54) is 11.3 Å². The molecule has 0 N–H and O–H groups in total. The summed E-state index contributed by atoms with van der Waals surface area (Å²) in [5.41, 5.74) is 2.96. The summed E-state index contributed by atoms with van der Waals surface area (Å²) in [5, 5.41) is 0. The highest BCUT2D eigenvalue weighted by Crippen LogP contribution is 2.43. The lowest BCUT2D eigenvalue weighted by atomic mass is 9.82. The quantitative estimate of drug-likeness (QED) is 0.597. The van der Waals surface area contributed by atoms with Crippen molar-refractivity contribution in [2.45, 2.75) is 25.4 Å². The highest BCUT2D eigenvalue weighted by molar-refractivity contribution is 6.32. The van der Waals surface area contributed by atoms with Gasteiger partial charge in [0.1, 0.15) is 0 Å². The van der Waals surface area contributed by atoms with Gasteiger partial charge in [0.05, 0.1) is 0 Å². The number of hydrogen-bond acceptors (Lipinski definition) is 4. The number of fused-ring (bicyclic) bond motifs is 1. The van der Waals surface area contributed by atoms with E-state index in [2.05, 4.69) is 47.9 Å². The predicted molar refractivity (Wildman–Crippen MR) is 123 cm³/mol. The van der Waals surface area contributed by atoms with Crippen LogP contribution in [0.2, 0.25) is 0 Å². The maximum atomic E-state index is 13.9. The van der Waals surface area contributed by atoms with Gasteiger partial charge in [0.15, 0.2) is 17.1 Å². The summed E-state index contributed by atoms with van der Waals surface area (Å²) >= 11 is 0. The molecule has 5 rings (SSSR count). The molecule has 1 heterocycles. The molecule has 0 radical (unpaired) electrons. The average molecular weight is 411 g/mol. The molecule has 3 aromatic rings. The number of benzene rings is 3. The Labute approximate surface area is 183 Å². The second kappa shape index (κ2) is 7.47. The largest absolute Gasteiger partial charge is 0.366 e. The number of nitrogens with zero attached hydrogens (tertiary/aromatic N) is 2. The number of aryl methyl sites for hydroxylation is 1. The van der Waals surface area contributed by atoms with Crippen LogP contribution in [0.5, 0.6) is 0 Å². The first-order chi connectivity index (χ1) is 15.0. The molecule has 31 heavy (non-hydrogen) atoms. The smallest absolute Gasteiger partial charge is 0.196 e. The zero-order valence-electron chi connectivity index (χ0n) is 17.9. The van der Waals surface area contributed by atoms with Gasteiger partial charge in [-0.05, 0) is 37.1 Å². The molecule has 2 aliphatic rings. The van der Waals surface area contributed by atoms with Crippen molar-refractivity contribution >= 4 is 17.3 Å². The van der Waals surface area contributed by atoms with E-state index in [1.54, 1.807) is 12.1 Å². The molecular weight excluding hydrogens is 384 g/mol. The monoisotopic (exact) mass is 410 g/mol. The number of rotatable bonds is 3. The Kier molecular flexibility index (Phi) is 4.75. The van der Waals surface area contributed by atoms with Gasteiger partial charge in [0.2, 0.25) is 0 Å². The van der Waals surface area contributed by atoms with Crippen molar-refractivity contribution in [1.82, 2.24) is 4.90 Å². The predicted octanol–water partition coefficient (Wildman–Crippen LogP) is 4.48. The van der Waals surface area contributed by atoms with E-state index in [0.29, 0.717) is 24.2 Å². The van der Waals surface area contributed by atoms with E-state index >= 15 is 0 Å². The Morgan fingerprint density at radius 1 is 0.806 bits per heavy atom. The van der Waals surface area contributed by atoms with E-state index < -0.39 is 5.54 Å². The van der Waals surface area contributed by atoms with Crippen molar-refractivity contribution in [3.05, 3.63) is 101 Å². The van der Waals surface area contributed by atoms with Gasteiger partial charge >= 0.3 is 0 Å². The molecule has 1 aliphatic heterocycles. The number of Topliss-reactive ketones (excluding diaryl/α,β-unsaturated/α-hetero) is 2. The van der Waals surface area contributed by atoms with E-state index in [1.807, 2.05) is 42.5 Å². The van der Waals surface area contributed by atoms with E-state index in [-0.39, 0.29) is 17.6 Å². The first-order valence-corrected chi connectivity index (χ1v) is 10.9. The number of ketones is 2. The summed E-state index contributed by atoms with van der Waals surface area (Å²) in [7, 11) is 0. The summed E-state index contributed by atoms with van der Waals surface area (Å²) in [6.07, 6.45) is 0. The molecule has 1 aliphatic carbocycles. The van der Waals surface area contributed by atoms with Crippen LogP contribution in [0, 0.1) is 6.92 Å². The lowest BCUT2D eigenvalue weighted by molar-refractivity contribution is 0.0428. The van der Waals surface area contributed by atoms with Crippen molar-refractivity contribution in [1.29, 1.82) is 0 Å². The Bertz CT molecular complexity index is 1120. The van der Waals surface area contributed by atoms with E-state index in [9.17, 15) is 9.59 Å². The highest BCUT2D eigenvalue weighted by Gasteiger charge is 2.58. The first kappa shape index (κ1) is 19.7. The maximum absolute atomic E-state index is 13.9. The fourth-order valence-electron chi connectivity index (χ4n) is 5.24. The number of carbonyl (C=O) groups excluding carboxylic acids is 2. The summed E-state index contributed by atoms with van der Waals surface area (Å²) in [6, 6.07) is 25.5. The van der Waals surface area contributed by atoms with Crippen molar-refractivity contribution in [3.8, 4) is 0 Å². The van der Waals surface area contributed by atoms with Gasteiger partial charge in [-0.2, -0.15) is 0 Å². The van der Waals surface area contributed by atoms with Crippen LogP contribution < -0.4 is 4.90 Å². The molecule has 1 unspecified atom stereocenters. The standard InChI is InChI=1S/C27H26N2O2/c1-19-9-8-12-22(17-19)29-16-15-28(18-20(29)2)27(21-10-4-3-5-11-21)25(30)23-13-6-7-14-24(23)26(27)31/h3-14,17,20H,15-16,18H2,1-2H3. The van der Waals surface area contributed by atoms with Crippen LogP contribution in [0.15, 0.2) is 78.9 Å². The zero-order chi connectivity index (χ0) is 21.6. The molecule has 156 valence electrons. The van der Waals surface area contributed by atoms with Gasteiger partial charge in [-0.25, -0.2) is 0 Å². The molecule has 4 nitrogen and oxygen atoms in total. The molecule has 1 saturated heterocycles. The fraction of sp³-hybridized carbons (Fsp3) is 0.259. The second-order valence-electron chi connectivity index (χ2n) is 8.61. The maximum Gasteiger partial charge on any atom is 0.196 e. The Morgan fingerprint density at radius 2 is 1.45 bits per heavy atom. The number of anilines is 1. The third-order valence-electron chi connectivity index (χ3n) is 6.70. The fourth-order valence-corrected chi connectivity index (χ4v) is 5.24. The molecule has 0 saturated carbocycles. The summed E-state index contributed by atoms with van der Waals surface area (Å²) < 4.78 is 0. The lowest BCUT2D eigenvalue weighted by Gasteiger charge is -2.47. The normalized spacial score (nSPS) is 20.7. The van der Waals surface area contributed by atoms with E-state index in [4.69, 9.17) is 0 Å². The topological polar surface area (TPSA) is 40.6 Å². The van der Waals surface area contributed by atoms with Crippen molar-refractivity contribution in [2.75, 3.05) is 24.5 Å². The Balaban J connectivity index is 1.56. The zero-order valence-corrected chi connectivity index (χ0v) is 17.9. The van der Waals surface area contributed by atoms with Crippen LogP contribution in [0.1, 0.15) is 38.8 Å². The van der Waals surface area contributed by atoms with Crippen molar-refractivity contribution in [3.63, 3.8) is 0 Å². The lowest BCUT2D eigenvalue weighted by Crippen LogP contribution is -2.63. The third kappa shape index (κ3) is 2.94. The number of piperazine rings is 1. The molecular formula is C27H26N2O2. The average Bonchev–Trinajstić information content (AvgIpc) is 3.02. The van der Waals surface area contributed by atoms with Crippen molar-refractivity contribution < 1.29 is 9.59 Å². The molecule has 1 fully saturated rings. The van der Waals surface area contributed by atoms with E-state index in [0.717, 1.165) is 12.1 Å². The van der Waals surface area contributed by atoms with Gasteiger partial charge < -0.3 is 4.90 Å². The minimum Gasteiger partial charge on any atom is -0.366 e. The van der Waals surface area contributed by atoms with Gasteiger partial charge in [-0.3, -0.25) is 14.5 Å². The minimum absolute atomic E-state index is 0.101. The minimum atomic E-state index is -1.28. The highest BCUT2D eigenvalue weighted by atomic mass is 16.2. The van der Waals surface area contributed by atoms with Crippen molar-refractivity contribution in [2.24, 2.45) is 0 Å². The van der Waals surface area contributed by atoms with Crippen LogP contribution in [-0.2, 0) is 5.54 Å². The Hall–Kier alpha value is -3.24. The van der Waals surface area contributed by atoms with Crippen LogP contribution in [-0.4, -0.2) is 42.1 Å². The molecule has 0 amide bonds. The van der Waals surface area contributed by atoms with Gasteiger partial charge in [-0.15, -0.1) is 0 Å². The molecule has 3 aromatic carbocycles. The second-order valence-corrected chi connectivity index (χ2v) is 8.61. The summed E-state index contributed by atoms with van der Waals surface area (Å²) in [5.74, 6) is -0.203. The molecule has 0 bridgehead atoms. The SMILES string of the molecule is Cc1cccc(N2CCN(C3(c4ccccc4)C(=O)c4ccccc4C3=O)CC2C)c1. The van der Waals surface area contributed by atoms with Gasteiger partial charge in [-0.1, -0.05) is 66.7 Å². The van der Waals surface area contributed by atoms with Gasteiger partial charge in [0.25, 0.3) is 0 Å². The molecule has 0 spiro atoms. The Morgan fingerprint density at radius 3 is 2.06 bits per heavy atom. The molecule has 1 atom stereocenters. The summed E-state index contributed by atoms with van der Waals surface area (Å²) in [6.45, 7) is 6.30. The number of carbonyl (C=O) groups is 2. The first-order valence-electron chi connectivity index (χ1n) is 10.9. The number of hydrogen-bond donors (Lipinski definition) is 0. The van der Waals surface area contributed by atoms with Crippen LogP contribution in [0.3, 0.4) is 0 Å². The summed E-state index contributed by atoms with van der Waals surface area (Å²) in [4.78, 5) is 32.2. The molecule has 0 aromatic heterocycles.